The Bertz CT molecular complexity index is 624. The third-order valence-electron chi connectivity index (χ3n) is 3.22. The van der Waals surface area contributed by atoms with Gasteiger partial charge in [0.1, 0.15) is 6.04 Å². The molecule has 0 saturated carbocycles. The van der Waals surface area contributed by atoms with Gasteiger partial charge in [-0.05, 0) is 29.2 Å². The van der Waals surface area contributed by atoms with Crippen molar-refractivity contribution in [2.24, 2.45) is 5.92 Å². The van der Waals surface area contributed by atoms with Gasteiger partial charge in [0.25, 0.3) is 0 Å². The predicted octanol–water partition coefficient (Wildman–Crippen LogP) is 1.10. The molecule has 0 radical (unpaired) electrons. The predicted molar refractivity (Wildman–Crippen MR) is 71.5 cm³/mol. The number of rotatable bonds is 5. The van der Waals surface area contributed by atoms with E-state index in [4.69, 9.17) is 9.84 Å². The van der Waals surface area contributed by atoms with Crippen molar-refractivity contribution < 1.29 is 23.1 Å². The number of aliphatic carboxylic acids is 1. The maximum Gasteiger partial charge on any atom is 0.322 e. The van der Waals surface area contributed by atoms with E-state index in [0.717, 1.165) is 11.1 Å². The van der Waals surface area contributed by atoms with Crippen LogP contribution in [0, 0.1) is 5.92 Å². The van der Waals surface area contributed by atoms with Crippen LogP contribution in [0.2, 0.25) is 0 Å². The maximum absolute atomic E-state index is 12.2. The quantitative estimate of drug-likeness (QED) is 0.849. The van der Waals surface area contributed by atoms with Crippen LogP contribution in [0.25, 0.3) is 0 Å². The van der Waals surface area contributed by atoms with Crippen LogP contribution in [0.1, 0.15) is 25.0 Å². The van der Waals surface area contributed by atoms with Crippen molar-refractivity contribution in [2.75, 3.05) is 0 Å². The number of ether oxygens (including phenoxy) is 1. The van der Waals surface area contributed by atoms with Crippen molar-refractivity contribution in [1.29, 1.82) is 0 Å². The van der Waals surface area contributed by atoms with E-state index in [0.29, 0.717) is 13.2 Å². The first-order valence-corrected chi connectivity index (χ1v) is 7.74. The molecular formula is C13H17NO5S. The standard InChI is InChI=1S/C13H17NO5S/c1-8(2)12(13(15)16)14-20(17,18)11-4-3-9-6-19-7-10(9)5-11/h3-5,8,12,14H,6-7H2,1-2H3,(H,15,16)/t12-/m1/s1. The molecule has 0 aromatic heterocycles. The zero-order valence-electron chi connectivity index (χ0n) is 11.3. The van der Waals surface area contributed by atoms with Gasteiger partial charge >= 0.3 is 5.97 Å². The van der Waals surface area contributed by atoms with Gasteiger partial charge in [0.15, 0.2) is 0 Å². The zero-order valence-corrected chi connectivity index (χ0v) is 12.1. The molecule has 1 aromatic carbocycles. The highest BCUT2D eigenvalue weighted by atomic mass is 32.2. The van der Waals surface area contributed by atoms with Crippen molar-refractivity contribution in [3.05, 3.63) is 29.3 Å². The molecule has 0 aliphatic carbocycles. The molecule has 0 bridgehead atoms. The van der Waals surface area contributed by atoms with Crippen LogP contribution in [0.4, 0.5) is 0 Å². The smallest absolute Gasteiger partial charge is 0.322 e. The molecule has 2 rings (SSSR count). The van der Waals surface area contributed by atoms with E-state index in [9.17, 15) is 13.2 Å². The van der Waals surface area contributed by atoms with E-state index < -0.39 is 22.0 Å². The number of hydrogen-bond acceptors (Lipinski definition) is 4. The van der Waals surface area contributed by atoms with Crippen LogP contribution in [-0.4, -0.2) is 25.5 Å². The second-order valence-electron chi connectivity index (χ2n) is 5.10. The van der Waals surface area contributed by atoms with E-state index in [-0.39, 0.29) is 10.8 Å². The Balaban J connectivity index is 2.28. The molecule has 0 amide bonds. The highest BCUT2D eigenvalue weighted by molar-refractivity contribution is 7.89. The molecule has 1 aromatic rings. The number of hydrogen-bond donors (Lipinski definition) is 2. The summed E-state index contributed by atoms with van der Waals surface area (Å²) in [5.74, 6) is -1.53. The molecule has 6 nitrogen and oxygen atoms in total. The molecule has 2 N–H and O–H groups in total. The summed E-state index contributed by atoms with van der Waals surface area (Å²) >= 11 is 0. The van der Waals surface area contributed by atoms with Crippen molar-refractivity contribution in [3.63, 3.8) is 0 Å². The molecule has 1 aliphatic heterocycles. The first-order chi connectivity index (χ1) is 9.31. The van der Waals surface area contributed by atoms with Gasteiger partial charge in [-0.15, -0.1) is 0 Å². The van der Waals surface area contributed by atoms with E-state index in [2.05, 4.69) is 4.72 Å². The van der Waals surface area contributed by atoms with Gasteiger partial charge in [-0.2, -0.15) is 4.72 Å². The lowest BCUT2D eigenvalue weighted by Gasteiger charge is -2.18. The normalized spacial score (nSPS) is 16.1. The minimum atomic E-state index is -3.86. The highest BCUT2D eigenvalue weighted by Crippen LogP contribution is 2.23. The third kappa shape index (κ3) is 3.00. The Labute approximate surface area is 117 Å². The number of carbonyl (C=O) groups is 1. The molecule has 0 spiro atoms. The van der Waals surface area contributed by atoms with Crippen LogP contribution >= 0.6 is 0 Å². The van der Waals surface area contributed by atoms with E-state index in [1.165, 1.54) is 12.1 Å². The Morgan fingerprint density at radius 2 is 1.95 bits per heavy atom. The lowest BCUT2D eigenvalue weighted by atomic mass is 10.1. The second-order valence-corrected chi connectivity index (χ2v) is 6.82. The second kappa shape index (κ2) is 5.51. The first-order valence-electron chi connectivity index (χ1n) is 6.26. The van der Waals surface area contributed by atoms with Gasteiger partial charge in [-0.3, -0.25) is 4.79 Å². The number of carboxylic acid groups (broad SMARTS) is 1. The topological polar surface area (TPSA) is 92.7 Å². The molecule has 20 heavy (non-hydrogen) atoms. The SMILES string of the molecule is CC(C)[C@@H](NS(=O)(=O)c1ccc2c(c1)COC2)C(=O)O. The summed E-state index contributed by atoms with van der Waals surface area (Å²) in [6, 6.07) is 3.55. The van der Waals surface area contributed by atoms with Gasteiger partial charge in [-0.1, -0.05) is 19.9 Å². The third-order valence-corrected chi connectivity index (χ3v) is 4.66. The van der Waals surface area contributed by atoms with Gasteiger partial charge in [0.05, 0.1) is 18.1 Å². The zero-order chi connectivity index (χ0) is 14.9. The average Bonchev–Trinajstić information content (AvgIpc) is 2.82. The van der Waals surface area contributed by atoms with Gasteiger partial charge in [-0.25, -0.2) is 8.42 Å². The van der Waals surface area contributed by atoms with Gasteiger partial charge in [0.2, 0.25) is 10.0 Å². The molecule has 1 atom stereocenters. The summed E-state index contributed by atoms with van der Waals surface area (Å²) < 4.78 is 31.9. The molecule has 0 saturated heterocycles. The fourth-order valence-corrected chi connectivity index (χ4v) is 3.41. The lowest BCUT2D eigenvalue weighted by molar-refractivity contribution is -0.140. The summed E-state index contributed by atoms with van der Waals surface area (Å²) in [5.41, 5.74) is 1.78. The molecular weight excluding hydrogens is 282 g/mol. The van der Waals surface area contributed by atoms with Crippen LogP contribution in [0.5, 0.6) is 0 Å². The van der Waals surface area contributed by atoms with E-state index in [1.54, 1.807) is 19.9 Å². The number of nitrogens with one attached hydrogen (secondary N) is 1. The van der Waals surface area contributed by atoms with Crippen molar-refractivity contribution >= 4 is 16.0 Å². The lowest BCUT2D eigenvalue weighted by Crippen LogP contribution is -2.44. The Morgan fingerprint density at radius 3 is 2.55 bits per heavy atom. The van der Waals surface area contributed by atoms with Crippen molar-refractivity contribution in [1.82, 2.24) is 4.72 Å². The number of fused-ring (bicyclic) bond motifs is 1. The van der Waals surface area contributed by atoms with Crippen LogP contribution < -0.4 is 4.72 Å². The monoisotopic (exact) mass is 299 g/mol. The van der Waals surface area contributed by atoms with Crippen LogP contribution in [0.3, 0.4) is 0 Å². The molecule has 7 heteroatoms. The molecule has 1 aliphatic rings. The van der Waals surface area contributed by atoms with E-state index in [1.807, 2.05) is 0 Å². The Kier molecular flexibility index (Phi) is 4.12. The summed E-state index contributed by atoms with van der Waals surface area (Å²) in [5, 5.41) is 9.06. The van der Waals surface area contributed by atoms with Crippen LogP contribution in [0.15, 0.2) is 23.1 Å². The Hall–Kier alpha value is -1.44. The number of benzene rings is 1. The average molecular weight is 299 g/mol. The summed E-state index contributed by atoms with van der Waals surface area (Å²) in [6.45, 7) is 4.16. The largest absolute Gasteiger partial charge is 0.480 e. The maximum atomic E-state index is 12.2. The molecule has 0 unspecified atom stereocenters. The van der Waals surface area contributed by atoms with Crippen LogP contribution in [-0.2, 0) is 32.8 Å². The minimum Gasteiger partial charge on any atom is -0.480 e. The van der Waals surface area contributed by atoms with Gasteiger partial charge in [0, 0.05) is 0 Å². The van der Waals surface area contributed by atoms with Crippen molar-refractivity contribution in [2.45, 2.75) is 38.0 Å². The Morgan fingerprint density at radius 1 is 1.30 bits per heavy atom. The fourth-order valence-electron chi connectivity index (χ4n) is 2.02. The van der Waals surface area contributed by atoms with Gasteiger partial charge < -0.3 is 9.84 Å². The molecule has 0 fully saturated rings. The van der Waals surface area contributed by atoms with Crippen molar-refractivity contribution in [3.8, 4) is 0 Å². The summed E-state index contributed by atoms with van der Waals surface area (Å²) in [4.78, 5) is 11.2. The fraction of sp³-hybridized carbons (Fsp3) is 0.462. The summed E-state index contributed by atoms with van der Waals surface area (Å²) in [7, 11) is -3.86. The minimum absolute atomic E-state index is 0.0636. The number of carboxylic acids is 1. The highest BCUT2D eigenvalue weighted by Gasteiger charge is 2.28. The summed E-state index contributed by atoms with van der Waals surface area (Å²) in [6.07, 6.45) is 0. The first kappa shape index (κ1) is 15.0. The number of sulfonamides is 1. The van der Waals surface area contributed by atoms with E-state index >= 15 is 0 Å². The molecule has 1 heterocycles. The molecule has 110 valence electrons.